The number of hydrogen-bond donors (Lipinski definition) is 3. The van der Waals surface area contributed by atoms with Crippen molar-refractivity contribution in [3.8, 4) is 0 Å². The summed E-state index contributed by atoms with van der Waals surface area (Å²) in [7, 11) is 0. The third-order valence-electron chi connectivity index (χ3n) is 1.34. The molecule has 0 aromatic rings. The van der Waals surface area contributed by atoms with Gasteiger partial charge in [0.05, 0.1) is 0 Å². The van der Waals surface area contributed by atoms with Crippen LogP contribution >= 0.6 is 0 Å². The van der Waals surface area contributed by atoms with Crippen molar-refractivity contribution in [3.05, 3.63) is 0 Å². The normalized spacial score (nSPS) is 12.0. The Hall–Kier alpha value is -0.120. The number of unbranched alkanes of at least 4 members (excludes halogenated alkanes) is 1. The Labute approximate surface area is 69.0 Å². The summed E-state index contributed by atoms with van der Waals surface area (Å²) in [6.07, 6.45) is 1.89. The Bertz CT molecular complexity index is 88.6. The van der Waals surface area contributed by atoms with Gasteiger partial charge < -0.3 is 16.2 Å². The van der Waals surface area contributed by atoms with Crippen LogP contribution in [0.1, 0.15) is 26.7 Å². The Balaban J connectivity index is 3.02. The number of nitrogens with one attached hydrogen (secondary N) is 1. The summed E-state index contributed by atoms with van der Waals surface area (Å²) in [5, 5.41) is 11.7. The highest BCUT2D eigenvalue weighted by Gasteiger charge is 2.08. The van der Waals surface area contributed by atoms with Crippen molar-refractivity contribution in [2.45, 2.75) is 32.2 Å². The smallest absolute Gasteiger partial charge is 0.0431 e. The van der Waals surface area contributed by atoms with Crippen LogP contribution in [-0.2, 0) is 0 Å². The van der Waals surface area contributed by atoms with Gasteiger partial charge in [0.15, 0.2) is 0 Å². The topological polar surface area (TPSA) is 58.3 Å². The third-order valence-corrected chi connectivity index (χ3v) is 1.34. The van der Waals surface area contributed by atoms with Gasteiger partial charge in [-0.1, -0.05) is 0 Å². The van der Waals surface area contributed by atoms with Crippen molar-refractivity contribution in [1.29, 1.82) is 0 Å². The maximum Gasteiger partial charge on any atom is 0.0431 e. The summed E-state index contributed by atoms with van der Waals surface area (Å²) in [4.78, 5) is 0. The van der Waals surface area contributed by atoms with E-state index in [-0.39, 0.29) is 12.1 Å². The standard InChI is InChI=1S/C8H20N2O/c1-8(2,9)7-10-5-3-4-6-11/h10-11H,3-7,9H2,1-2H3. The summed E-state index contributed by atoms with van der Waals surface area (Å²) < 4.78 is 0. The molecule has 0 fully saturated rings. The highest BCUT2D eigenvalue weighted by atomic mass is 16.2. The van der Waals surface area contributed by atoms with Crippen molar-refractivity contribution in [2.75, 3.05) is 19.7 Å². The molecule has 0 saturated heterocycles. The second-order valence-corrected chi connectivity index (χ2v) is 3.60. The highest BCUT2D eigenvalue weighted by molar-refractivity contribution is 4.74. The molecular formula is C8H20N2O. The molecule has 0 aromatic heterocycles. The van der Waals surface area contributed by atoms with E-state index < -0.39 is 0 Å². The zero-order valence-corrected chi connectivity index (χ0v) is 7.56. The molecule has 0 heterocycles. The Morgan fingerprint density at radius 2 is 2.00 bits per heavy atom. The van der Waals surface area contributed by atoms with E-state index in [1.807, 2.05) is 13.8 Å². The predicted molar refractivity (Wildman–Crippen MR) is 47.5 cm³/mol. The van der Waals surface area contributed by atoms with E-state index in [0.717, 1.165) is 25.9 Å². The van der Waals surface area contributed by atoms with Gasteiger partial charge in [-0.25, -0.2) is 0 Å². The second-order valence-electron chi connectivity index (χ2n) is 3.60. The quantitative estimate of drug-likeness (QED) is 0.482. The fourth-order valence-corrected chi connectivity index (χ4v) is 0.772. The van der Waals surface area contributed by atoms with Crippen molar-refractivity contribution >= 4 is 0 Å². The van der Waals surface area contributed by atoms with Gasteiger partial charge in [0.1, 0.15) is 0 Å². The number of nitrogens with two attached hydrogens (primary N) is 1. The molecule has 68 valence electrons. The first kappa shape index (κ1) is 10.9. The molecule has 0 amide bonds. The second kappa shape index (κ2) is 5.52. The maximum atomic E-state index is 8.47. The van der Waals surface area contributed by atoms with Gasteiger partial charge in [-0.05, 0) is 33.2 Å². The van der Waals surface area contributed by atoms with E-state index in [2.05, 4.69) is 5.32 Å². The van der Waals surface area contributed by atoms with Gasteiger partial charge in [-0.2, -0.15) is 0 Å². The molecule has 0 aliphatic heterocycles. The van der Waals surface area contributed by atoms with E-state index in [1.54, 1.807) is 0 Å². The summed E-state index contributed by atoms with van der Waals surface area (Å²) in [5.41, 5.74) is 5.61. The first-order chi connectivity index (χ1) is 5.06. The first-order valence-corrected chi connectivity index (χ1v) is 4.17. The molecule has 4 N–H and O–H groups in total. The lowest BCUT2D eigenvalue weighted by molar-refractivity contribution is 0.283. The zero-order chi connectivity index (χ0) is 8.74. The molecule has 0 rings (SSSR count). The molecule has 0 bridgehead atoms. The lowest BCUT2D eigenvalue weighted by atomic mass is 10.1. The number of aliphatic hydroxyl groups excluding tert-OH is 1. The van der Waals surface area contributed by atoms with Gasteiger partial charge in [0.2, 0.25) is 0 Å². The van der Waals surface area contributed by atoms with E-state index in [0.29, 0.717) is 0 Å². The minimum absolute atomic E-state index is 0.126. The molecule has 0 unspecified atom stereocenters. The minimum Gasteiger partial charge on any atom is -0.396 e. The minimum atomic E-state index is -0.126. The molecule has 0 radical (unpaired) electrons. The Morgan fingerprint density at radius 1 is 1.36 bits per heavy atom. The van der Waals surface area contributed by atoms with Gasteiger partial charge in [0, 0.05) is 18.7 Å². The predicted octanol–water partition coefficient (Wildman–Crippen LogP) is 0.0858. The fourth-order valence-electron chi connectivity index (χ4n) is 0.772. The van der Waals surface area contributed by atoms with Crippen LogP contribution in [0.3, 0.4) is 0 Å². The van der Waals surface area contributed by atoms with E-state index in [9.17, 15) is 0 Å². The van der Waals surface area contributed by atoms with Crippen molar-refractivity contribution in [3.63, 3.8) is 0 Å². The first-order valence-electron chi connectivity index (χ1n) is 4.17. The van der Waals surface area contributed by atoms with Crippen molar-refractivity contribution < 1.29 is 5.11 Å². The summed E-state index contributed by atoms with van der Waals surface area (Å²) in [5.74, 6) is 0. The van der Waals surface area contributed by atoms with Crippen LogP contribution in [-0.4, -0.2) is 30.3 Å². The maximum absolute atomic E-state index is 8.47. The highest BCUT2D eigenvalue weighted by Crippen LogP contribution is 1.92. The van der Waals surface area contributed by atoms with Gasteiger partial charge >= 0.3 is 0 Å². The average Bonchev–Trinajstić information content (AvgIpc) is 1.85. The van der Waals surface area contributed by atoms with E-state index in [1.165, 1.54) is 0 Å². The van der Waals surface area contributed by atoms with E-state index >= 15 is 0 Å². The molecular weight excluding hydrogens is 140 g/mol. The molecule has 3 nitrogen and oxygen atoms in total. The van der Waals surface area contributed by atoms with Gasteiger partial charge in [0.25, 0.3) is 0 Å². The third kappa shape index (κ3) is 9.88. The molecule has 0 aromatic carbocycles. The number of rotatable bonds is 6. The zero-order valence-electron chi connectivity index (χ0n) is 7.56. The van der Waals surface area contributed by atoms with Crippen molar-refractivity contribution in [2.24, 2.45) is 5.73 Å². The Kier molecular flexibility index (Phi) is 5.46. The average molecular weight is 160 g/mol. The van der Waals surface area contributed by atoms with E-state index in [4.69, 9.17) is 10.8 Å². The van der Waals surface area contributed by atoms with Crippen LogP contribution in [0, 0.1) is 0 Å². The lowest BCUT2D eigenvalue weighted by Crippen LogP contribution is -2.43. The number of hydrogen-bond acceptors (Lipinski definition) is 3. The summed E-state index contributed by atoms with van der Waals surface area (Å²) in [6.45, 7) is 6.05. The summed E-state index contributed by atoms with van der Waals surface area (Å²) in [6, 6.07) is 0. The molecule has 0 aliphatic carbocycles. The largest absolute Gasteiger partial charge is 0.396 e. The molecule has 11 heavy (non-hydrogen) atoms. The molecule has 0 aliphatic rings. The fraction of sp³-hybridized carbons (Fsp3) is 1.00. The lowest BCUT2D eigenvalue weighted by Gasteiger charge is -2.18. The van der Waals surface area contributed by atoms with Crippen LogP contribution in [0.15, 0.2) is 0 Å². The monoisotopic (exact) mass is 160 g/mol. The van der Waals surface area contributed by atoms with Crippen LogP contribution in [0.5, 0.6) is 0 Å². The Morgan fingerprint density at radius 3 is 2.45 bits per heavy atom. The summed E-state index contributed by atoms with van der Waals surface area (Å²) >= 11 is 0. The number of aliphatic hydroxyl groups is 1. The molecule has 0 spiro atoms. The van der Waals surface area contributed by atoms with Crippen molar-refractivity contribution in [1.82, 2.24) is 5.32 Å². The van der Waals surface area contributed by atoms with Gasteiger partial charge in [-0.15, -0.1) is 0 Å². The molecule has 0 atom stereocenters. The van der Waals surface area contributed by atoms with Crippen LogP contribution in [0.2, 0.25) is 0 Å². The van der Waals surface area contributed by atoms with Crippen LogP contribution in [0.25, 0.3) is 0 Å². The SMILES string of the molecule is CC(C)(N)CNCCCCO. The van der Waals surface area contributed by atoms with Crippen LogP contribution in [0.4, 0.5) is 0 Å². The van der Waals surface area contributed by atoms with Crippen LogP contribution < -0.4 is 11.1 Å². The molecule has 3 heteroatoms. The van der Waals surface area contributed by atoms with Gasteiger partial charge in [-0.3, -0.25) is 0 Å². The molecule has 0 saturated carbocycles.